The van der Waals surface area contributed by atoms with Gasteiger partial charge >= 0.3 is 0 Å². The minimum Gasteiger partial charge on any atom is -0.454 e. The third-order valence-electron chi connectivity index (χ3n) is 2.42. The minimum absolute atomic E-state index is 0.227. The first-order valence-corrected chi connectivity index (χ1v) is 6.28. The van der Waals surface area contributed by atoms with Crippen molar-refractivity contribution in [2.24, 2.45) is 5.73 Å². The first-order chi connectivity index (χ1) is 8.58. The molecule has 0 aliphatic heterocycles. The molecule has 0 aliphatic rings. The van der Waals surface area contributed by atoms with Crippen molar-refractivity contribution in [2.75, 3.05) is 5.32 Å². The molecular weight excluding hydrogens is 296 g/mol. The van der Waals surface area contributed by atoms with E-state index in [0.717, 1.165) is 4.47 Å². The lowest BCUT2D eigenvalue weighted by atomic mass is 10.3. The van der Waals surface area contributed by atoms with Gasteiger partial charge in [0.1, 0.15) is 5.76 Å². The Kier molecular flexibility index (Phi) is 3.84. The van der Waals surface area contributed by atoms with Crippen LogP contribution in [0.15, 0.2) is 45.3 Å². The predicted octanol–water partition coefficient (Wildman–Crippen LogP) is 3.31. The molecule has 3 N–H and O–H groups in total. The lowest BCUT2D eigenvalue weighted by molar-refractivity contribution is 0.0994. The Labute approximate surface area is 113 Å². The molecule has 5 heteroatoms. The number of carbonyl (C=O) groups excluding carboxylic acids is 1. The van der Waals surface area contributed by atoms with Gasteiger partial charge in [-0.15, -0.1) is 0 Å². The van der Waals surface area contributed by atoms with Gasteiger partial charge in [0, 0.05) is 4.47 Å². The summed E-state index contributed by atoms with van der Waals surface area (Å²) in [6.07, 6.45) is 0. The molecule has 4 nitrogen and oxygen atoms in total. The molecule has 1 aromatic heterocycles. The molecule has 18 heavy (non-hydrogen) atoms. The highest BCUT2D eigenvalue weighted by Crippen LogP contribution is 2.22. The van der Waals surface area contributed by atoms with Crippen molar-refractivity contribution >= 4 is 27.5 Å². The number of rotatable bonds is 3. The van der Waals surface area contributed by atoms with E-state index in [1.165, 1.54) is 0 Å². The summed E-state index contributed by atoms with van der Waals surface area (Å²) in [6, 6.07) is 10.5. The van der Waals surface area contributed by atoms with Gasteiger partial charge in [-0.25, -0.2) is 0 Å². The first kappa shape index (κ1) is 12.9. The van der Waals surface area contributed by atoms with Crippen LogP contribution in [0.25, 0.3) is 0 Å². The van der Waals surface area contributed by atoms with Gasteiger partial charge in [-0.3, -0.25) is 4.79 Å². The quantitative estimate of drug-likeness (QED) is 0.914. The number of hydrogen-bond donors (Lipinski definition) is 2. The number of carbonyl (C=O) groups is 1. The average Bonchev–Trinajstić information content (AvgIpc) is 2.81. The van der Waals surface area contributed by atoms with E-state index in [1.54, 1.807) is 25.1 Å². The number of benzene rings is 1. The molecule has 2 rings (SSSR count). The Hall–Kier alpha value is -1.59. The lowest BCUT2D eigenvalue weighted by Crippen LogP contribution is -2.11. The van der Waals surface area contributed by atoms with Crippen LogP contribution in [0.3, 0.4) is 0 Å². The Bertz CT molecular complexity index is 564. The third-order valence-corrected chi connectivity index (χ3v) is 3.11. The van der Waals surface area contributed by atoms with E-state index in [9.17, 15) is 4.79 Å². The summed E-state index contributed by atoms with van der Waals surface area (Å²) in [7, 11) is 0. The monoisotopic (exact) mass is 308 g/mol. The molecule has 0 saturated heterocycles. The van der Waals surface area contributed by atoms with Crippen LogP contribution in [0.1, 0.15) is 29.3 Å². The highest BCUT2D eigenvalue weighted by atomic mass is 79.9. The molecule has 0 bridgehead atoms. The average molecular weight is 309 g/mol. The Morgan fingerprint density at radius 1 is 1.33 bits per heavy atom. The van der Waals surface area contributed by atoms with Crippen LogP contribution in [0.5, 0.6) is 0 Å². The fourth-order valence-electron chi connectivity index (χ4n) is 1.47. The molecule has 0 saturated carbocycles. The second-order valence-corrected chi connectivity index (χ2v) is 4.78. The van der Waals surface area contributed by atoms with Crippen molar-refractivity contribution < 1.29 is 9.21 Å². The molecule has 0 fully saturated rings. The van der Waals surface area contributed by atoms with Gasteiger partial charge in [0.15, 0.2) is 5.76 Å². The maximum Gasteiger partial charge on any atom is 0.291 e. The molecule has 1 aromatic carbocycles. The minimum atomic E-state index is -0.297. The molecular formula is C13H13BrN2O2. The summed E-state index contributed by atoms with van der Waals surface area (Å²) in [6.45, 7) is 1.80. The smallest absolute Gasteiger partial charge is 0.291 e. The highest BCUT2D eigenvalue weighted by molar-refractivity contribution is 9.10. The number of nitrogens with two attached hydrogens (primary N) is 1. The number of nitrogens with one attached hydrogen (secondary N) is 1. The van der Waals surface area contributed by atoms with Gasteiger partial charge in [0.05, 0.1) is 11.7 Å². The molecule has 94 valence electrons. The van der Waals surface area contributed by atoms with E-state index >= 15 is 0 Å². The predicted molar refractivity (Wildman–Crippen MR) is 73.4 cm³/mol. The summed E-state index contributed by atoms with van der Waals surface area (Å²) in [5, 5.41) is 2.76. The molecule has 0 radical (unpaired) electrons. The first-order valence-electron chi connectivity index (χ1n) is 5.49. The van der Waals surface area contributed by atoms with E-state index in [0.29, 0.717) is 11.4 Å². The molecule has 1 unspecified atom stereocenters. The van der Waals surface area contributed by atoms with Crippen LogP contribution in [0.4, 0.5) is 5.69 Å². The molecule has 0 spiro atoms. The fourth-order valence-corrected chi connectivity index (χ4v) is 1.85. The van der Waals surface area contributed by atoms with Crippen molar-refractivity contribution in [3.8, 4) is 0 Å². The second kappa shape index (κ2) is 5.37. The van der Waals surface area contributed by atoms with Gasteiger partial charge in [0.2, 0.25) is 0 Å². The standard InChI is InChI=1S/C13H13BrN2O2/c1-8(15)11-6-7-12(18-11)13(17)16-10-5-3-2-4-9(10)14/h2-8H,15H2,1H3,(H,16,17). The van der Waals surface area contributed by atoms with Crippen molar-refractivity contribution in [3.05, 3.63) is 52.4 Å². The highest BCUT2D eigenvalue weighted by Gasteiger charge is 2.13. The van der Waals surface area contributed by atoms with E-state index in [4.69, 9.17) is 10.2 Å². The summed E-state index contributed by atoms with van der Waals surface area (Å²) in [4.78, 5) is 11.9. The van der Waals surface area contributed by atoms with Crippen molar-refractivity contribution in [2.45, 2.75) is 13.0 Å². The maximum absolute atomic E-state index is 11.9. The third kappa shape index (κ3) is 2.80. The zero-order valence-electron chi connectivity index (χ0n) is 9.81. The molecule has 2 aromatic rings. The Morgan fingerprint density at radius 2 is 2.06 bits per heavy atom. The van der Waals surface area contributed by atoms with Gasteiger partial charge in [-0.1, -0.05) is 12.1 Å². The zero-order valence-corrected chi connectivity index (χ0v) is 11.4. The Balaban J connectivity index is 2.15. The summed E-state index contributed by atoms with van der Waals surface area (Å²) in [5.41, 5.74) is 6.37. The molecule has 1 amide bonds. The number of halogens is 1. The summed E-state index contributed by atoms with van der Waals surface area (Å²) < 4.78 is 6.18. The summed E-state index contributed by atoms with van der Waals surface area (Å²) in [5.74, 6) is 0.541. The SMILES string of the molecule is CC(N)c1ccc(C(=O)Nc2ccccc2Br)o1. The fraction of sp³-hybridized carbons (Fsp3) is 0.154. The van der Waals surface area contributed by atoms with Crippen molar-refractivity contribution in [3.63, 3.8) is 0 Å². The van der Waals surface area contributed by atoms with Crippen LogP contribution in [-0.4, -0.2) is 5.91 Å². The van der Waals surface area contributed by atoms with Crippen LogP contribution < -0.4 is 11.1 Å². The zero-order chi connectivity index (χ0) is 13.1. The number of furan rings is 1. The van der Waals surface area contributed by atoms with Crippen molar-refractivity contribution in [1.82, 2.24) is 0 Å². The van der Waals surface area contributed by atoms with Crippen LogP contribution in [0.2, 0.25) is 0 Å². The van der Waals surface area contributed by atoms with E-state index in [2.05, 4.69) is 21.2 Å². The van der Waals surface area contributed by atoms with Crippen LogP contribution in [0, 0.1) is 0 Å². The number of anilines is 1. The number of amides is 1. The van der Waals surface area contributed by atoms with E-state index in [-0.39, 0.29) is 17.7 Å². The number of hydrogen-bond acceptors (Lipinski definition) is 3. The topological polar surface area (TPSA) is 68.3 Å². The largest absolute Gasteiger partial charge is 0.454 e. The van der Waals surface area contributed by atoms with Crippen molar-refractivity contribution in [1.29, 1.82) is 0 Å². The lowest BCUT2D eigenvalue weighted by Gasteiger charge is -2.05. The molecule has 0 aliphatic carbocycles. The van der Waals surface area contributed by atoms with Crippen LogP contribution >= 0.6 is 15.9 Å². The number of para-hydroxylation sites is 1. The second-order valence-electron chi connectivity index (χ2n) is 3.92. The normalized spacial score (nSPS) is 12.2. The van der Waals surface area contributed by atoms with Gasteiger partial charge < -0.3 is 15.5 Å². The van der Waals surface area contributed by atoms with Gasteiger partial charge in [-0.05, 0) is 47.1 Å². The van der Waals surface area contributed by atoms with E-state index in [1.807, 2.05) is 18.2 Å². The molecule has 1 atom stereocenters. The van der Waals surface area contributed by atoms with Gasteiger partial charge in [-0.2, -0.15) is 0 Å². The summed E-state index contributed by atoms with van der Waals surface area (Å²) >= 11 is 3.36. The molecule has 1 heterocycles. The Morgan fingerprint density at radius 3 is 2.67 bits per heavy atom. The van der Waals surface area contributed by atoms with Crippen LogP contribution in [-0.2, 0) is 0 Å². The van der Waals surface area contributed by atoms with Gasteiger partial charge in [0.25, 0.3) is 5.91 Å². The van der Waals surface area contributed by atoms with E-state index < -0.39 is 0 Å². The maximum atomic E-state index is 11.9.